The van der Waals surface area contributed by atoms with Crippen molar-refractivity contribution in [3.8, 4) is 0 Å². The number of nitrogens with zero attached hydrogens (tertiary/aromatic N) is 1. The number of halogens is 1. The second-order valence-corrected chi connectivity index (χ2v) is 8.98. The van der Waals surface area contributed by atoms with Crippen LogP contribution >= 0.6 is 11.6 Å². The van der Waals surface area contributed by atoms with Gasteiger partial charge in [-0.1, -0.05) is 67.9 Å². The summed E-state index contributed by atoms with van der Waals surface area (Å²) in [6.45, 7) is 3.82. The van der Waals surface area contributed by atoms with E-state index in [2.05, 4.69) is 5.32 Å². The molecule has 3 aromatic carbocycles. The minimum absolute atomic E-state index is 0.0238. The first kappa shape index (κ1) is 23.4. The number of amides is 3. The third kappa shape index (κ3) is 4.50. The fraction of sp³-hybridized carbons (Fsp3) is 0.185. The molecule has 0 fully saturated rings. The van der Waals surface area contributed by atoms with Gasteiger partial charge in [-0.25, -0.2) is 0 Å². The van der Waals surface area contributed by atoms with Gasteiger partial charge in [-0.3, -0.25) is 24.1 Å². The van der Waals surface area contributed by atoms with E-state index in [0.717, 1.165) is 4.90 Å². The Bertz CT molecular complexity index is 1250. The maximum atomic E-state index is 13.5. The number of anilines is 1. The van der Waals surface area contributed by atoms with Crippen LogP contribution in [0.2, 0.25) is 5.02 Å². The summed E-state index contributed by atoms with van der Waals surface area (Å²) in [5.74, 6) is -1.83. The van der Waals surface area contributed by atoms with E-state index in [9.17, 15) is 19.2 Å². The first-order valence-corrected chi connectivity index (χ1v) is 11.3. The Kier molecular flexibility index (Phi) is 6.61. The summed E-state index contributed by atoms with van der Waals surface area (Å²) in [6.07, 6.45) is 0.271. The van der Waals surface area contributed by atoms with E-state index in [4.69, 9.17) is 11.6 Å². The molecule has 1 aliphatic heterocycles. The van der Waals surface area contributed by atoms with E-state index in [-0.39, 0.29) is 40.5 Å². The van der Waals surface area contributed by atoms with Gasteiger partial charge >= 0.3 is 0 Å². The average molecular weight is 475 g/mol. The lowest BCUT2D eigenvalue weighted by atomic mass is 9.99. The largest absolute Gasteiger partial charge is 0.324 e. The Balaban J connectivity index is 1.67. The monoisotopic (exact) mass is 474 g/mol. The van der Waals surface area contributed by atoms with Gasteiger partial charge in [0.15, 0.2) is 5.78 Å². The van der Waals surface area contributed by atoms with Crippen LogP contribution in [0.5, 0.6) is 0 Å². The van der Waals surface area contributed by atoms with Gasteiger partial charge in [0.05, 0.1) is 16.8 Å². The number of hydrogen-bond donors (Lipinski definition) is 1. The molecule has 3 amide bonds. The molecular formula is C27H23ClN2O4. The van der Waals surface area contributed by atoms with Crippen molar-refractivity contribution in [3.63, 3.8) is 0 Å². The molecule has 0 bridgehead atoms. The van der Waals surface area contributed by atoms with Crippen LogP contribution < -0.4 is 5.32 Å². The Morgan fingerprint density at radius 1 is 0.882 bits per heavy atom. The van der Waals surface area contributed by atoms with Gasteiger partial charge in [-0.15, -0.1) is 0 Å². The number of imide groups is 1. The standard InChI is InChI=1S/C27H23ClN2O4/c1-16(2)14-23(30-26(33)19-10-6-7-11-20(19)27(30)34)25(32)29-22-13-12-18(28)15-21(22)24(31)17-8-4-3-5-9-17/h3-13,15-16,23H,14H2,1-2H3,(H,29,32). The van der Waals surface area contributed by atoms with Crippen molar-refractivity contribution in [2.45, 2.75) is 26.3 Å². The summed E-state index contributed by atoms with van der Waals surface area (Å²) >= 11 is 6.15. The second kappa shape index (κ2) is 9.61. The topological polar surface area (TPSA) is 83.6 Å². The summed E-state index contributed by atoms with van der Waals surface area (Å²) in [5.41, 5.74) is 1.48. The molecule has 172 valence electrons. The number of rotatable bonds is 7. The van der Waals surface area contributed by atoms with Crippen LogP contribution in [0.1, 0.15) is 56.9 Å². The van der Waals surface area contributed by atoms with Crippen molar-refractivity contribution in [2.75, 3.05) is 5.32 Å². The highest BCUT2D eigenvalue weighted by atomic mass is 35.5. The molecule has 6 nitrogen and oxygen atoms in total. The molecule has 1 unspecified atom stereocenters. The highest BCUT2D eigenvalue weighted by Gasteiger charge is 2.43. The van der Waals surface area contributed by atoms with Crippen molar-refractivity contribution in [1.29, 1.82) is 0 Å². The molecule has 0 saturated carbocycles. The zero-order valence-corrected chi connectivity index (χ0v) is 19.5. The third-order valence-electron chi connectivity index (χ3n) is 5.65. The van der Waals surface area contributed by atoms with E-state index in [0.29, 0.717) is 10.6 Å². The summed E-state index contributed by atoms with van der Waals surface area (Å²) in [7, 11) is 0. The number of carbonyl (C=O) groups is 4. The predicted molar refractivity (Wildman–Crippen MR) is 130 cm³/mol. The number of nitrogens with one attached hydrogen (secondary N) is 1. The zero-order valence-electron chi connectivity index (χ0n) is 18.7. The Labute approximate surface area is 202 Å². The highest BCUT2D eigenvalue weighted by molar-refractivity contribution is 6.31. The van der Waals surface area contributed by atoms with Gasteiger partial charge in [0, 0.05) is 16.1 Å². The molecule has 0 radical (unpaired) electrons. The summed E-state index contributed by atoms with van der Waals surface area (Å²) in [4.78, 5) is 53.7. The Morgan fingerprint density at radius 3 is 2.06 bits per heavy atom. The second-order valence-electron chi connectivity index (χ2n) is 8.55. The number of hydrogen-bond acceptors (Lipinski definition) is 4. The average Bonchev–Trinajstić information content (AvgIpc) is 3.08. The van der Waals surface area contributed by atoms with E-state index in [1.807, 2.05) is 13.8 Å². The van der Waals surface area contributed by atoms with Crippen LogP contribution in [-0.2, 0) is 4.79 Å². The highest BCUT2D eigenvalue weighted by Crippen LogP contribution is 2.29. The number of fused-ring (bicyclic) bond motifs is 1. The van der Waals surface area contributed by atoms with Crippen molar-refractivity contribution in [3.05, 3.63) is 100 Å². The van der Waals surface area contributed by atoms with Gasteiger partial charge in [-0.2, -0.15) is 0 Å². The first-order chi connectivity index (χ1) is 16.3. The Morgan fingerprint density at radius 2 is 1.47 bits per heavy atom. The molecule has 0 aliphatic carbocycles. The van der Waals surface area contributed by atoms with E-state index in [1.54, 1.807) is 66.7 Å². The van der Waals surface area contributed by atoms with Gasteiger partial charge < -0.3 is 5.32 Å². The van der Waals surface area contributed by atoms with Crippen LogP contribution in [0, 0.1) is 5.92 Å². The molecular weight excluding hydrogens is 452 g/mol. The lowest BCUT2D eigenvalue weighted by Crippen LogP contribution is -2.48. The van der Waals surface area contributed by atoms with Gasteiger partial charge in [0.1, 0.15) is 6.04 Å². The van der Waals surface area contributed by atoms with Crippen LogP contribution in [0.25, 0.3) is 0 Å². The van der Waals surface area contributed by atoms with Crippen LogP contribution in [-0.4, -0.2) is 34.4 Å². The molecule has 1 N–H and O–H groups in total. The quantitative estimate of drug-likeness (QED) is 0.376. The Hall–Kier alpha value is -3.77. The van der Waals surface area contributed by atoms with Crippen LogP contribution in [0.15, 0.2) is 72.8 Å². The van der Waals surface area contributed by atoms with Crippen molar-refractivity contribution in [2.24, 2.45) is 5.92 Å². The van der Waals surface area contributed by atoms with Crippen molar-refractivity contribution >= 4 is 40.8 Å². The molecule has 1 heterocycles. The molecule has 3 aromatic rings. The third-order valence-corrected chi connectivity index (χ3v) is 5.89. The number of benzene rings is 3. The summed E-state index contributed by atoms with van der Waals surface area (Å²) in [5, 5.41) is 3.12. The number of ketones is 1. The molecule has 1 atom stereocenters. The fourth-order valence-corrected chi connectivity index (χ4v) is 4.21. The van der Waals surface area contributed by atoms with Crippen LogP contribution in [0.3, 0.4) is 0 Å². The van der Waals surface area contributed by atoms with E-state index >= 15 is 0 Å². The maximum Gasteiger partial charge on any atom is 0.262 e. The van der Waals surface area contributed by atoms with E-state index in [1.165, 1.54) is 6.07 Å². The van der Waals surface area contributed by atoms with Gasteiger partial charge in [-0.05, 0) is 42.7 Å². The zero-order chi connectivity index (χ0) is 24.4. The molecule has 0 spiro atoms. The van der Waals surface area contributed by atoms with Gasteiger partial charge in [0.2, 0.25) is 5.91 Å². The normalized spacial score (nSPS) is 13.7. The molecule has 1 aliphatic rings. The SMILES string of the molecule is CC(C)CC(C(=O)Nc1ccc(Cl)cc1C(=O)c1ccccc1)N1C(=O)c2ccccc2C1=O. The predicted octanol–water partition coefficient (Wildman–Crippen LogP) is 5.22. The minimum Gasteiger partial charge on any atom is -0.324 e. The van der Waals surface area contributed by atoms with Crippen molar-refractivity contribution in [1.82, 2.24) is 4.90 Å². The smallest absolute Gasteiger partial charge is 0.262 e. The minimum atomic E-state index is -1.04. The lowest BCUT2D eigenvalue weighted by molar-refractivity contribution is -0.120. The molecule has 7 heteroatoms. The van der Waals surface area contributed by atoms with E-state index < -0.39 is 23.8 Å². The lowest BCUT2D eigenvalue weighted by Gasteiger charge is -2.27. The maximum absolute atomic E-state index is 13.5. The molecule has 0 aromatic heterocycles. The summed E-state index contributed by atoms with van der Waals surface area (Å²) < 4.78 is 0. The molecule has 0 saturated heterocycles. The number of carbonyl (C=O) groups excluding carboxylic acids is 4. The van der Waals surface area contributed by atoms with Crippen LogP contribution in [0.4, 0.5) is 5.69 Å². The first-order valence-electron chi connectivity index (χ1n) is 10.9. The van der Waals surface area contributed by atoms with Gasteiger partial charge in [0.25, 0.3) is 11.8 Å². The molecule has 4 rings (SSSR count). The summed E-state index contributed by atoms with van der Waals surface area (Å²) in [6, 6.07) is 18.7. The fourth-order valence-electron chi connectivity index (χ4n) is 4.04. The van der Waals surface area contributed by atoms with Crippen molar-refractivity contribution < 1.29 is 19.2 Å². The molecule has 34 heavy (non-hydrogen) atoms.